The molecule has 4 aromatic heterocycles. The lowest BCUT2D eigenvalue weighted by Crippen LogP contribution is -2.45. The fourth-order valence-corrected chi connectivity index (χ4v) is 8.62. The zero-order valence-corrected chi connectivity index (χ0v) is 33.6. The van der Waals surface area contributed by atoms with Gasteiger partial charge in [-0.1, -0.05) is 86.6 Å². The van der Waals surface area contributed by atoms with Gasteiger partial charge in [-0.15, -0.1) is 0 Å². The minimum absolute atomic E-state index is 0.211. The maximum absolute atomic E-state index is 11.5. The molecule has 9 aromatic rings. The van der Waals surface area contributed by atoms with Crippen molar-refractivity contribution in [2.24, 2.45) is 0 Å². The van der Waals surface area contributed by atoms with Gasteiger partial charge in [-0.25, -0.2) is 9.97 Å². The summed E-state index contributed by atoms with van der Waals surface area (Å²) in [7, 11) is -2.17. The van der Waals surface area contributed by atoms with Crippen LogP contribution in [0.25, 0.3) is 55.2 Å². The van der Waals surface area contributed by atoms with Gasteiger partial charge in [0.2, 0.25) is 0 Å². The molecule has 5 aromatic carbocycles. The first kappa shape index (κ1) is 36.7. The van der Waals surface area contributed by atoms with Gasteiger partial charge < -0.3 is 27.6 Å². The van der Waals surface area contributed by atoms with Crippen LogP contribution in [0.1, 0.15) is 42.4 Å². The molecule has 2 aliphatic rings. The van der Waals surface area contributed by atoms with Crippen LogP contribution in [0.5, 0.6) is 23.0 Å². The molecule has 0 aliphatic carbocycles. The summed E-state index contributed by atoms with van der Waals surface area (Å²) in [5.74, 6) is 1.92. The van der Waals surface area contributed by atoms with E-state index < -0.39 is 14.5 Å². The van der Waals surface area contributed by atoms with Crippen LogP contribution in [0.15, 0.2) is 134 Å². The number of fused-ring (bicyclic) bond motifs is 5. The highest BCUT2D eigenvalue weighted by molar-refractivity contribution is 6.49. The molecule has 2 aliphatic heterocycles. The largest absolute Gasteiger partial charge is 0.743 e. The number of aryl methyl sites for hydroxylation is 1. The van der Waals surface area contributed by atoms with E-state index in [1.165, 1.54) is 0 Å². The van der Waals surface area contributed by atoms with Gasteiger partial charge in [0, 0.05) is 22.0 Å². The quantitative estimate of drug-likeness (QED) is 0.155. The molecule has 6 heterocycles. The Hall–Kier alpha value is -8.35. The first-order valence-electron chi connectivity index (χ1n) is 20.1. The maximum atomic E-state index is 11.5. The summed E-state index contributed by atoms with van der Waals surface area (Å²) >= 11 is 0. The van der Waals surface area contributed by atoms with E-state index >= 15 is 0 Å². The minimum atomic E-state index is -1.10. The molecule has 294 valence electrons. The first-order chi connectivity index (χ1) is 30.4. The van der Waals surface area contributed by atoms with Gasteiger partial charge in [0.15, 0.2) is 0 Å². The van der Waals surface area contributed by atoms with E-state index in [0.29, 0.717) is 83.6 Å². The molecule has 0 amide bonds. The van der Waals surface area contributed by atoms with Crippen molar-refractivity contribution in [2.45, 2.75) is 26.7 Å². The van der Waals surface area contributed by atoms with Crippen molar-refractivity contribution >= 4 is 58.5 Å². The average Bonchev–Trinajstić information content (AvgIpc) is 4.08. The van der Waals surface area contributed by atoms with Gasteiger partial charge in [-0.3, -0.25) is 9.97 Å². The van der Waals surface area contributed by atoms with Crippen LogP contribution in [0.2, 0.25) is 0 Å². The van der Waals surface area contributed by atoms with E-state index in [2.05, 4.69) is 26.0 Å². The molecule has 14 heteroatoms. The van der Waals surface area contributed by atoms with Crippen molar-refractivity contribution in [2.75, 3.05) is 0 Å². The smallest absolute Gasteiger partial charge is 0.503 e. The zero-order chi connectivity index (χ0) is 42.1. The summed E-state index contributed by atoms with van der Waals surface area (Å²) in [4.78, 5) is 19.6. The maximum Gasteiger partial charge on any atom is 0.743 e. The van der Waals surface area contributed by atoms with Crippen molar-refractivity contribution < 1.29 is 18.6 Å². The van der Waals surface area contributed by atoms with E-state index in [1.54, 1.807) is 12.4 Å². The lowest BCUT2D eigenvalue weighted by Gasteiger charge is -2.18. The van der Waals surface area contributed by atoms with Gasteiger partial charge in [0.25, 0.3) is 0 Å². The predicted molar refractivity (Wildman–Crippen MR) is 236 cm³/mol. The van der Waals surface area contributed by atoms with Crippen LogP contribution in [0.3, 0.4) is 0 Å². The molecule has 0 atom stereocenters. The van der Waals surface area contributed by atoms with Gasteiger partial charge in [-0.05, 0) is 66.9 Å². The van der Waals surface area contributed by atoms with Crippen molar-refractivity contribution in [1.82, 2.24) is 28.9 Å². The molecule has 0 bridgehead atoms. The topological polar surface area (TPSA) is 146 Å². The number of para-hydroxylation sites is 8. The Balaban J connectivity index is 1.40. The SMILES string of the molecule is Cc1ccccc1-c1c2/c(=C(\C#N)c3cnc4ccccc4n3)n(B3Oc4ccccc4O3)c(C(C)C)c2/c(=C(\C#N)c2cnc3ccccc3n2)n1B1Oc2ccccc2O1. The summed E-state index contributed by atoms with van der Waals surface area (Å²) < 4.78 is 30.6. The molecule has 0 spiro atoms. The third kappa shape index (κ3) is 5.69. The van der Waals surface area contributed by atoms with Crippen molar-refractivity contribution in [1.29, 1.82) is 10.5 Å². The summed E-state index contributed by atoms with van der Waals surface area (Å²) in [6.07, 6.45) is 3.24. The standard InChI is InChI=1S/C48H32B2N8O4/c1-28(2)45-43-44(48(57(45)49-59-39-20-10-11-21-40(39)60-49)32(25-52)38-27-54-34-17-7-9-19-36(34)56-38)46(30-15-5-4-14-29(30)3)58(50-61-41-22-12-13-23-42(41)62-50)47(43)31(24-51)37-26-53-33-16-6-8-18-35(33)55-37/h4-23,26-28H,1-3H3/b47-31-,48-32-. The Morgan fingerprint density at radius 1 is 0.548 bits per heavy atom. The fraction of sp³-hybridized carbons (Fsp3) is 0.0833. The van der Waals surface area contributed by atoms with Crippen molar-refractivity contribution in [3.63, 3.8) is 0 Å². The number of nitrogens with zero attached hydrogens (tertiary/aromatic N) is 8. The van der Waals surface area contributed by atoms with Crippen LogP contribution >= 0.6 is 0 Å². The van der Waals surface area contributed by atoms with Crippen LogP contribution in [-0.4, -0.2) is 43.4 Å². The normalized spacial score (nSPS) is 13.8. The van der Waals surface area contributed by atoms with E-state index in [0.717, 1.165) is 16.8 Å². The van der Waals surface area contributed by atoms with Crippen LogP contribution in [0.4, 0.5) is 0 Å². The van der Waals surface area contributed by atoms with Crippen molar-refractivity contribution in [3.05, 3.63) is 167 Å². The van der Waals surface area contributed by atoms with E-state index in [4.69, 9.17) is 38.6 Å². The Morgan fingerprint density at radius 2 is 0.968 bits per heavy atom. The van der Waals surface area contributed by atoms with Gasteiger partial charge in [-0.2, -0.15) is 10.5 Å². The van der Waals surface area contributed by atoms with Gasteiger partial charge in [0.1, 0.15) is 57.7 Å². The third-order valence-corrected chi connectivity index (χ3v) is 11.3. The number of rotatable bonds is 6. The van der Waals surface area contributed by atoms with E-state index in [1.807, 2.05) is 137 Å². The molecular weight excluding hydrogens is 774 g/mol. The second kappa shape index (κ2) is 14.4. The fourth-order valence-electron chi connectivity index (χ4n) is 8.62. The Kier molecular flexibility index (Phi) is 8.55. The molecular formula is C48H32B2N8O4. The number of hydrogen-bond acceptors (Lipinski definition) is 10. The highest BCUT2D eigenvalue weighted by atomic mass is 16.6. The lowest BCUT2D eigenvalue weighted by atomic mass is 9.99. The number of benzene rings is 5. The highest BCUT2D eigenvalue weighted by Gasteiger charge is 2.45. The second-order valence-corrected chi connectivity index (χ2v) is 15.3. The minimum Gasteiger partial charge on any atom is -0.503 e. The third-order valence-electron chi connectivity index (χ3n) is 11.3. The molecule has 0 saturated heterocycles. The Morgan fingerprint density at radius 3 is 1.44 bits per heavy atom. The summed E-state index contributed by atoms with van der Waals surface area (Å²) in [6, 6.07) is 43.1. The summed E-state index contributed by atoms with van der Waals surface area (Å²) in [6.45, 7) is 6.15. The van der Waals surface area contributed by atoms with Crippen LogP contribution in [0, 0.1) is 29.6 Å². The lowest BCUT2D eigenvalue weighted by molar-refractivity contribution is 0.473. The Bertz CT molecular complexity index is 3400. The number of aromatic nitrogens is 6. The van der Waals surface area contributed by atoms with Crippen LogP contribution in [-0.2, 0) is 0 Å². The monoisotopic (exact) mass is 806 g/mol. The van der Waals surface area contributed by atoms with Crippen molar-refractivity contribution in [3.8, 4) is 46.4 Å². The summed E-state index contributed by atoms with van der Waals surface area (Å²) in [5.41, 5.74) is 6.79. The highest BCUT2D eigenvalue weighted by Crippen LogP contribution is 2.40. The molecule has 11 rings (SSSR count). The number of nitriles is 2. The molecule has 0 saturated carbocycles. The van der Waals surface area contributed by atoms with Gasteiger partial charge >= 0.3 is 14.5 Å². The first-order valence-corrected chi connectivity index (χ1v) is 20.1. The van der Waals surface area contributed by atoms with Gasteiger partial charge in [0.05, 0.1) is 50.9 Å². The molecule has 62 heavy (non-hydrogen) atoms. The predicted octanol–water partition coefficient (Wildman–Crippen LogP) is 7.48. The van der Waals surface area contributed by atoms with Crippen LogP contribution < -0.4 is 29.3 Å². The number of hydrogen-bond donors (Lipinski definition) is 0. The molecule has 0 N–H and O–H groups in total. The summed E-state index contributed by atoms with van der Waals surface area (Å²) in [5, 5.41) is 25.2. The Labute approximate surface area is 355 Å². The van der Waals surface area contributed by atoms with E-state index in [-0.39, 0.29) is 17.1 Å². The molecule has 0 fully saturated rings. The molecule has 12 nitrogen and oxygen atoms in total. The second-order valence-electron chi connectivity index (χ2n) is 15.3. The molecule has 0 unspecified atom stereocenters. The average molecular weight is 806 g/mol. The van der Waals surface area contributed by atoms with E-state index in [9.17, 15) is 10.5 Å². The molecule has 0 radical (unpaired) electrons. The zero-order valence-electron chi connectivity index (χ0n) is 33.6.